The van der Waals surface area contributed by atoms with Gasteiger partial charge in [0.25, 0.3) is 18.3 Å². The van der Waals surface area contributed by atoms with Crippen molar-refractivity contribution in [2.75, 3.05) is 0 Å². The number of nitrogens with zero attached hydrogens (tertiary/aromatic N) is 5. The quantitative estimate of drug-likeness (QED) is 0.179. The molecule has 1 aromatic carbocycles. The zero-order valence-electron chi connectivity index (χ0n) is 23.3. The second kappa shape index (κ2) is 11.5. The third-order valence-electron chi connectivity index (χ3n) is 7.91. The fourth-order valence-electron chi connectivity index (χ4n) is 5.98. The predicted molar refractivity (Wildman–Crippen MR) is 145 cm³/mol. The van der Waals surface area contributed by atoms with Crippen molar-refractivity contribution in [2.24, 2.45) is 0 Å². The van der Waals surface area contributed by atoms with E-state index < -0.39 is 84.4 Å². The molecule has 234 valence electrons. The molecule has 2 aliphatic carbocycles. The number of fused-ring (bicyclic) bond motifs is 2. The Morgan fingerprint density at radius 3 is 2.40 bits per heavy atom. The van der Waals surface area contributed by atoms with E-state index in [1.54, 1.807) is 6.20 Å². The van der Waals surface area contributed by atoms with E-state index in [2.05, 4.69) is 20.1 Å². The Bertz CT molecular complexity index is 1800. The lowest BCUT2D eigenvalue weighted by atomic mass is 9.87. The first kappa shape index (κ1) is 30.5. The molecule has 3 aromatic heterocycles. The number of carbonyl (C=O) groups excluding carboxylic acids is 1. The molecule has 0 N–H and O–H groups in total. The summed E-state index contributed by atoms with van der Waals surface area (Å²) < 4.78 is 115. The number of ketones is 1. The molecule has 0 spiro atoms. The Kier molecular flexibility index (Phi) is 7.77. The molecule has 1 atom stereocenters. The summed E-state index contributed by atoms with van der Waals surface area (Å²) in [6, 6.07) is 4.62. The molecule has 4 aromatic rings. The first-order valence-electron chi connectivity index (χ1n) is 13.9. The molecule has 0 aliphatic heterocycles. The zero-order valence-corrected chi connectivity index (χ0v) is 23.3. The number of halogens is 8. The molecule has 0 amide bonds. The SMILES string of the molecule is O=C(C[C@@H](Cc1cc(F)cc(F)c1)c1ncncc1-c1cnc2c(c1)C=CC2)Cn1nc(C(F)F)c2c1C(F)(F)CCC2(F)F. The Labute approximate surface area is 250 Å². The lowest BCUT2D eigenvalue weighted by Gasteiger charge is -2.29. The van der Waals surface area contributed by atoms with Gasteiger partial charge in [-0.05, 0) is 35.7 Å². The minimum atomic E-state index is -4.00. The van der Waals surface area contributed by atoms with Crippen LogP contribution in [0.15, 0.2) is 49.1 Å². The van der Waals surface area contributed by atoms with E-state index in [-0.39, 0.29) is 22.4 Å². The second-order valence-corrected chi connectivity index (χ2v) is 11.1. The minimum Gasteiger partial charge on any atom is -0.298 e. The van der Waals surface area contributed by atoms with Crippen LogP contribution in [0.1, 0.15) is 71.1 Å². The number of allylic oxidation sites excluding steroid dienone is 1. The monoisotopic (exact) mass is 633 g/mol. The lowest BCUT2D eigenvalue weighted by molar-refractivity contribution is -0.121. The van der Waals surface area contributed by atoms with Gasteiger partial charge < -0.3 is 0 Å². The van der Waals surface area contributed by atoms with Crippen LogP contribution in [-0.4, -0.2) is 30.5 Å². The zero-order chi connectivity index (χ0) is 32.1. The number of alkyl halides is 6. The van der Waals surface area contributed by atoms with Gasteiger partial charge in [-0.15, -0.1) is 0 Å². The largest absolute Gasteiger partial charge is 0.298 e. The summed E-state index contributed by atoms with van der Waals surface area (Å²) >= 11 is 0. The van der Waals surface area contributed by atoms with E-state index >= 15 is 0 Å². The first-order chi connectivity index (χ1) is 21.3. The van der Waals surface area contributed by atoms with E-state index in [9.17, 15) is 39.9 Å². The highest BCUT2D eigenvalue weighted by Crippen LogP contribution is 2.52. The van der Waals surface area contributed by atoms with Crippen molar-refractivity contribution in [3.05, 3.63) is 100 Å². The molecule has 0 bridgehead atoms. The van der Waals surface area contributed by atoms with Gasteiger partial charge in [0.1, 0.15) is 35.9 Å². The van der Waals surface area contributed by atoms with E-state index in [1.165, 1.54) is 12.5 Å². The van der Waals surface area contributed by atoms with Crippen LogP contribution in [0.3, 0.4) is 0 Å². The summed E-state index contributed by atoms with van der Waals surface area (Å²) in [5, 5.41) is 3.35. The summed E-state index contributed by atoms with van der Waals surface area (Å²) in [5.41, 5.74) is -1.40. The highest BCUT2D eigenvalue weighted by atomic mass is 19.3. The summed E-state index contributed by atoms with van der Waals surface area (Å²) in [4.78, 5) is 26.3. The van der Waals surface area contributed by atoms with Crippen LogP contribution >= 0.6 is 0 Å². The fraction of sp³-hybridized carbons (Fsp3) is 0.323. The smallest absolute Gasteiger partial charge is 0.290 e. The Morgan fingerprint density at radius 2 is 1.67 bits per heavy atom. The molecule has 2 aliphatic rings. The molecule has 0 saturated heterocycles. The predicted octanol–water partition coefficient (Wildman–Crippen LogP) is 7.48. The van der Waals surface area contributed by atoms with E-state index in [4.69, 9.17) is 0 Å². The van der Waals surface area contributed by atoms with Gasteiger partial charge in [0.2, 0.25) is 0 Å². The third kappa shape index (κ3) is 5.97. The van der Waals surface area contributed by atoms with Crippen LogP contribution in [0.4, 0.5) is 35.1 Å². The summed E-state index contributed by atoms with van der Waals surface area (Å²) in [6.07, 6.45) is 1.77. The number of hydrogen-bond acceptors (Lipinski definition) is 5. The van der Waals surface area contributed by atoms with Crippen molar-refractivity contribution in [3.63, 3.8) is 0 Å². The average Bonchev–Trinajstić information content (AvgIpc) is 3.60. The van der Waals surface area contributed by atoms with Crippen LogP contribution in [0.25, 0.3) is 17.2 Å². The molecule has 0 fully saturated rings. The van der Waals surface area contributed by atoms with E-state index in [0.29, 0.717) is 23.6 Å². The Balaban J connectivity index is 1.38. The Morgan fingerprint density at radius 1 is 0.933 bits per heavy atom. The Hall–Kier alpha value is -4.49. The summed E-state index contributed by atoms with van der Waals surface area (Å²) in [6.45, 7) is -1.03. The van der Waals surface area contributed by atoms with Gasteiger partial charge in [-0.25, -0.2) is 36.3 Å². The average molecular weight is 634 g/mol. The van der Waals surface area contributed by atoms with Crippen LogP contribution < -0.4 is 0 Å². The number of rotatable bonds is 9. The van der Waals surface area contributed by atoms with Gasteiger partial charge in [0, 0.05) is 61.2 Å². The molecule has 14 heteroatoms. The van der Waals surface area contributed by atoms with Crippen molar-refractivity contribution < 1.29 is 39.9 Å². The minimum absolute atomic E-state index is 0.146. The van der Waals surface area contributed by atoms with Gasteiger partial charge in [-0.1, -0.05) is 12.2 Å². The first-order valence-corrected chi connectivity index (χ1v) is 13.9. The second-order valence-electron chi connectivity index (χ2n) is 11.1. The maximum absolute atomic E-state index is 14.9. The summed E-state index contributed by atoms with van der Waals surface area (Å²) in [7, 11) is 0. The van der Waals surface area contributed by atoms with Crippen molar-refractivity contribution >= 4 is 11.9 Å². The molecule has 0 saturated carbocycles. The molecule has 6 rings (SSSR count). The van der Waals surface area contributed by atoms with Crippen molar-refractivity contribution in [1.29, 1.82) is 0 Å². The number of hydrogen-bond donors (Lipinski definition) is 0. The lowest BCUT2D eigenvalue weighted by Crippen LogP contribution is -2.33. The maximum atomic E-state index is 14.9. The van der Waals surface area contributed by atoms with E-state index in [0.717, 1.165) is 23.4 Å². The molecule has 0 radical (unpaired) electrons. The standard InChI is InChI=1S/C31H23F8N5O/c32-20-7-16(8-21(33)11-20)6-18(26-23(13-40-15-42-26)19-9-17-2-1-3-24(17)41-12-19)10-22(45)14-44-28-25(27(43-44)29(34)35)30(36,37)4-5-31(28,38)39/h1-2,7-9,11-13,15,18,29H,3-6,10,14H2/t18-/m1/s1. The highest BCUT2D eigenvalue weighted by molar-refractivity contribution is 5.80. The number of aromatic nitrogens is 5. The van der Waals surface area contributed by atoms with Crippen molar-refractivity contribution in [1.82, 2.24) is 24.7 Å². The van der Waals surface area contributed by atoms with Crippen LogP contribution in [0.5, 0.6) is 0 Å². The molecule has 45 heavy (non-hydrogen) atoms. The van der Waals surface area contributed by atoms with Gasteiger partial charge >= 0.3 is 0 Å². The maximum Gasteiger partial charge on any atom is 0.290 e. The third-order valence-corrected chi connectivity index (χ3v) is 7.91. The molecular formula is C31H23F8N5O. The normalized spacial score (nSPS) is 16.9. The van der Waals surface area contributed by atoms with Gasteiger partial charge in [0.05, 0.1) is 17.0 Å². The van der Waals surface area contributed by atoms with Gasteiger partial charge in [0.15, 0.2) is 5.78 Å². The highest BCUT2D eigenvalue weighted by Gasteiger charge is 2.55. The van der Waals surface area contributed by atoms with Crippen molar-refractivity contribution in [3.8, 4) is 11.1 Å². The number of pyridine rings is 1. The number of Topliss-reactive ketones (excluding diaryl/α,β-unsaturated/α-hetero) is 1. The number of benzene rings is 1. The van der Waals surface area contributed by atoms with Gasteiger partial charge in [-0.3, -0.25) is 14.5 Å². The van der Waals surface area contributed by atoms with Crippen molar-refractivity contribution in [2.45, 2.75) is 62.8 Å². The molecular weight excluding hydrogens is 610 g/mol. The van der Waals surface area contributed by atoms with Gasteiger partial charge in [-0.2, -0.15) is 13.9 Å². The topological polar surface area (TPSA) is 73.6 Å². The van der Waals surface area contributed by atoms with Crippen LogP contribution in [0, 0.1) is 11.6 Å². The molecule has 6 nitrogen and oxygen atoms in total. The fourth-order valence-corrected chi connectivity index (χ4v) is 5.98. The number of carbonyl (C=O) groups is 1. The van der Waals surface area contributed by atoms with Crippen LogP contribution in [-0.2, 0) is 36.0 Å². The van der Waals surface area contributed by atoms with Crippen LogP contribution in [0.2, 0.25) is 0 Å². The molecule has 0 unspecified atom stereocenters. The summed E-state index contributed by atoms with van der Waals surface area (Å²) in [5.74, 6) is -11.5. The molecule has 3 heterocycles. The van der Waals surface area contributed by atoms with E-state index in [1.807, 2.05) is 18.2 Å².